The summed E-state index contributed by atoms with van der Waals surface area (Å²) in [4.78, 5) is 23.5. The van der Waals surface area contributed by atoms with Gasteiger partial charge in [-0.3, -0.25) is 4.79 Å². The maximum Gasteiger partial charge on any atom is 0.319 e. The van der Waals surface area contributed by atoms with E-state index in [4.69, 9.17) is 0 Å². The minimum atomic E-state index is -0.578. The minimum absolute atomic E-state index is 0.190. The zero-order chi connectivity index (χ0) is 15.1. The van der Waals surface area contributed by atoms with E-state index in [9.17, 15) is 9.59 Å². The zero-order valence-corrected chi connectivity index (χ0v) is 13.5. The summed E-state index contributed by atoms with van der Waals surface area (Å²) in [7, 11) is 0. The number of rotatable bonds is 5. The Labute approximate surface area is 127 Å². The van der Waals surface area contributed by atoms with Gasteiger partial charge in [0.05, 0.1) is 5.69 Å². The molecule has 1 aromatic carbocycles. The molecule has 0 saturated heterocycles. The van der Waals surface area contributed by atoms with E-state index in [-0.39, 0.29) is 5.91 Å². The van der Waals surface area contributed by atoms with Crippen molar-refractivity contribution in [1.82, 2.24) is 10.6 Å². The van der Waals surface area contributed by atoms with Crippen molar-refractivity contribution >= 4 is 33.6 Å². The average Bonchev–Trinajstić information content (AvgIpc) is 2.39. The summed E-state index contributed by atoms with van der Waals surface area (Å²) >= 11 is 3.38. The van der Waals surface area contributed by atoms with Crippen LogP contribution in [0.4, 0.5) is 10.5 Å². The van der Waals surface area contributed by atoms with E-state index < -0.39 is 12.1 Å². The third kappa shape index (κ3) is 5.21. The van der Waals surface area contributed by atoms with E-state index >= 15 is 0 Å². The molecule has 0 aliphatic carbocycles. The lowest BCUT2D eigenvalue weighted by molar-refractivity contribution is -0.122. The predicted molar refractivity (Wildman–Crippen MR) is 83.8 cm³/mol. The molecule has 0 aliphatic heterocycles. The van der Waals surface area contributed by atoms with Crippen LogP contribution in [0.15, 0.2) is 22.7 Å². The van der Waals surface area contributed by atoms with Crippen molar-refractivity contribution in [1.29, 1.82) is 0 Å². The Morgan fingerprint density at radius 3 is 2.65 bits per heavy atom. The first kappa shape index (κ1) is 16.5. The molecule has 0 spiro atoms. The van der Waals surface area contributed by atoms with Gasteiger partial charge >= 0.3 is 6.03 Å². The van der Waals surface area contributed by atoms with Gasteiger partial charge in [0.1, 0.15) is 6.04 Å². The van der Waals surface area contributed by atoms with Gasteiger partial charge in [0.2, 0.25) is 5.91 Å². The Bertz CT molecular complexity index is 491. The van der Waals surface area contributed by atoms with Gasteiger partial charge in [-0.25, -0.2) is 4.79 Å². The van der Waals surface area contributed by atoms with Crippen molar-refractivity contribution in [2.75, 3.05) is 11.9 Å². The van der Waals surface area contributed by atoms with Crippen molar-refractivity contribution < 1.29 is 9.59 Å². The molecule has 0 aliphatic rings. The predicted octanol–water partition coefficient (Wildman–Crippen LogP) is 2.79. The molecule has 0 heterocycles. The summed E-state index contributed by atoms with van der Waals surface area (Å²) in [6.07, 6.45) is 0.862. The fourth-order valence-electron chi connectivity index (χ4n) is 1.54. The summed E-state index contributed by atoms with van der Waals surface area (Å²) in [6, 6.07) is 4.63. The van der Waals surface area contributed by atoms with E-state index in [1.54, 1.807) is 13.0 Å². The molecule has 0 fully saturated rings. The number of nitrogens with one attached hydrogen (secondary N) is 3. The van der Waals surface area contributed by atoms with E-state index in [2.05, 4.69) is 31.9 Å². The van der Waals surface area contributed by atoms with Crippen LogP contribution < -0.4 is 16.0 Å². The van der Waals surface area contributed by atoms with Gasteiger partial charge in [0.25, 0.3) is 0 Å². The topological polar surface area (TPSA) is 70.2 Å². The Hall–Kier alpha value is -1.56. The molecule has 3 amide bonds. The molecular formula is C14H20BrN3O2. The summed E-state index contributed by atoms with van der Waals surface area (Å²) in [5.74, 6) is -0.190. The summed E-state index contributed by atoms with van der Waals surface area (Å²) in [5, 5.41) is 8.03. The fourth-order valence-corrected chi connectivity index (χ4v) is 2.14. The number of urea groups is 1. The summed E-state index contributed by atoms with van der Waals surface area (Å²) < 4.78 is 0.802. The highest BCUT2D eigenvalue weighted by Gasteiger charge is 2.15. The van der Waals surface area contributed by atoms with Gasteiger partial charge in [0.15, 0.2) is 0 Å². The minimum Gasteiger partial charge on any atom is -0.354 e. The average molecular weight is 342 g/mol. The number of anilines is 1. The number of carbonyl (C=O) groups is 2. The number of carbonyl (C=O) groups excluding carboxylic acids is 2. The van der Waals surface area contributed by atoms with E-state index in [1.165, 1.54) is 0 Å². The first-order valence-electron chi connectivity index (χ1n) is 6.55. The molecule has 110 valence electrons. The highest BCUT2D eigenvalue weighted by molar-refractivity contribution is 9.10. The zero-order valence-electron chi connectivity index (χ0n) is 11.9. The van der Waals surface area contributed by atoms with Gasteiger partial charge in [-0.1, -0.05) is 13.0 Å². The molecule has 1 atom stereocenters. The first-order chi connectivity index (χ1) is 9.43. The summed E-state index contributed by atoms with van der Waals surface area (Å²) in [5.41, 5.74) is 1.75. The van der Waals surface area contributed by atoms with E-state index in [0.29, 0.717) is 12.2 Å². The van der Waals surface area contributed by atoms with Crippen molar-refractivity contribution in [3.05, 3.63) is 28.2 Å². The number of amides is 3. The number of aryl methyl sites for hydroxylation is 1. The number of hydrogen-bond donors (Lipinski definition) is 3. The van der Waals surface area contributed by atoms with Crippen LogP contribution in [0.3, 0.4) is 0 Å². The largest absolute Gasteiger partial charge is 0.354 e. The van der Waals surface area contributed by atoms with Crippen LogP contribution in [0.1, 0.15) is 25.8 Å². The molecule has 0 saturated carbocycles. The number of hydrogen-bond acceptors (Lipinski definition) is 2. The van der Waals surface area contributed by atoms with E-state index in [1.807, 2.05) is 26.0 Å². The highest BCUT2D eigenvalue weighted by atomic mass is 79.9. The van der Waals surface area contributed by atoms with Crippen molar-refractivity contribution in [2.24, 2.45) is 0 Å². The normalized spacial score (nSPS) is 11.6. The van der Waals surface area contributed by atoms with E-state index in [0.717, 1.165) is 16.5 Å². The Morgan fingerprint density at radius 1 is 1.35 bits per heavy atom. The highest BCUT2D eigenvalue weighted by Crippen LogP contribution is 2.23. The summed E-state index contributed by atoms with van der Waals surface area (Å²) in [6.45, 7) is 6.19. The van der Waals surface area contributed by atoms with Crippen molar-refractivity contribution in [3.8, 4) is 0 Å². The van der Waals surface area contributed by atoms with Crippen molar-refractivity contribution in [2.45, 2.75) is 33.2 Å². The maximum atomic E-state index is 11.8. The monoisotopic (exact) mass is 341 g/mol. The van der Waals surface area contributed by atoms with Crippen LogP contribution in [0.5, 0.6) is 0 Å². The number of benzene rings is 1. The molecule has 1 aromatic rings. The Morgan fingerprint density at radius 2 is 2.05 bits per heavy atom. The van der Waals surface area contributed by atoms with Gasteiger partial charge in [-0.15, -0.1) is 0 Å². The third-order valence-corrected chi connectivity index (χ3v) is 3.32. The molecule has 0 bridgehead atoms. The second-order valence-electron chi connectivity index (χ2n) is 4.59. The lowest BCUT2D eigenvalue weighted by atomic mass is 10.2. The maximum absolute atomic E-state index is 11.8. The van der Waals surface area contributed by atoms with Gasteiger partial charge < -0.3 is 16.0 Å². The SMILES string of the molecule is CCCNC(=O)[C@H](C)NC(=O)Nc1ccc(C)cc1Br. The lowest BCUT2D eigenvalue weighted by Crippen LogP contribution is -2.46. The van der Waals surface area contributed by atoms with Gasteiger partial charge in [0, 0.05) is 11.0 Å². The molecule has 6 heteroatoms. The first-order valence-corrected chi connectivity index (χ1v) is 7.34. The number of halogens is 1. The smallest absolute Gasteiger partial charge is 0.319 e. The Balaban J connectivity index is 2.52. The second kappa shape index (κ2) is 7.89. The third-order valence-electron chi connectivity index (χ3n) is 2.66. The lowest BCUT2D eigenvalue weighted by Gasteiger charge is -2.15. The molecular weight excluding hydrogens is 322 g/mol. The van der Waals surface area contributed by atoms with Crippen LogP contribution >= 0.6 is 15.9 Å². The molecule has 0 aromatic heterocycles. The molecule has 1 rings (SSSR count). The van der Waals surface area contributed by atoms with Gasteiger partial charge in [-0.2, -0.15) is 0 Å². The fraction of sp³-hybridized carbons (Fsp3) is 0.429. The quantitative estimate of drug-likeness (QED) is 0.770. The van der Waals surface area contributed by atoms with Gasteiger partial charge in [-0.05, 0) is 53.9 Å². The molecule has 20 heavy (non-hydrogen) atoms. The second-order valence-corrected chi connectivity index (χ2v) is 5.45. The van der Waals surface area contributed by atoms with Crippen molar-refractivity contribution in [3.63, 3.8) is 0 Å². The molecule has 0 radical (unpaired) electrons. The van der Waals surface area contributed by atoms with Crippen LogP contribution in [0.25, 0.3) is 0 Å². The standard InChI is InChI=1S/C14H20BrN3O2/c1-4-7-16-13(19)10(3)17-14(20)18-12-6-5-9(2)8-11(12)15/h5-6,8,10H,4,7H2,1-3H3,(H,16,19)(H2,17,18,20)/t10-/m0/s1. The van der Waals surface area contributed by atoms with Crippen LogP contribution in [0, 0.1) is 6.92 Å². The molecule has 0 unspecified atom stereocenters. The van der Waals surface area contributed by atoms with Crippen LogP contribution in [-0.2, 0) is 4.79 Å². The molecule has 5 nitrogen and oxygen atoms in total. The molecule has 3 N–H and O–H groups in total. The van der Waals surface area contributed by atoms with Crippen LogP contribution in [-0.4, -0.2) is 24.5 Å². The van der Waals surface area contributed by atoms with Crippen LogP contribution in [0.2, 0.25) is 0 Å². The Kier molecular flexibility index (Phi) is 6.51.